The van der Waals surface area contributed by atoms with Crippen LogP contribution >= 0.6 is 11.6 Å². The monoisotopic (exact) mass is 321 g/mol. The van der Waals surface area contributed by atoms with Gasteiger partial charge in [-0.15, -0.1) is 0 Å². The Morgan fingerprint density at radius 2 is 2.09 bits per heavy atom. The number of aromatic nitrogens is 1. The third-order valence-electron chi connectivity index (χ3n) is 3.27. The van der Waals surface area contributed by atoms with Crippen molar-refractivity contribution in [3.63, 3.8) is 0 Å². The lowest BCUT2D eigenvalue weighted by Crippen LogP contribution is -2.36. The molecular formula is C16H20ClN3O2. The lowest BCUT2D eigenvalue weighted by molar-refractivity contribution is -0.122. The van der Waals surface area contributed by atoms with E-state index in [-0.39, 0.29) is 5.91 Å². The summed E-state index contributed by atoms with van der Waals surface area (Å²) >= 11 is 5.88. The molecule has 0 aliphatic heterocycles. The lowest BCUT2D eigenvalue weighted by atomic mass is 10.2. The molecule has 0 saturated heterocycles. The van der Waals surface area contributed by atoms with Crippen molar-refractivity contribution in [3.05, 3.63) is 52.4 Å². The summed E-state index contributed by atoms with van der Waals surface area (Å²) in [6, 6.07) is 9.47. The van der Waals surface area contributed by atoms with Crippen LogP contribution in [0.4, 0.5) is 0 Å². The molecule has 6 heteroatoms. The predicted octanol–water partition coefficient (Wildman–Crippen LogP) is 2.77. The van der Waals surface area contributed by atoms with Gasteiger partial charge in [-0.1, -0.05) is 35.8 Å². The first-order valence-corrected chi connectivity index (χ1v) is 7.60. The highest BCUT2D eigenvalue weighted by molar-refractivity contribution is 6.30. The molecular weight excluding hydrogens is 302 g/mol. The first-order valence-electron chi connectivity index (χ1n) is 7.22. The maximum atomic E-state index is 12.0. The molecule has 0 bridgehead atoms. The third kappa shape index (κ3) is 5.16. The molecule has 1 N–H and O–H groups in total. The average molecular weight is 322 g/mol. The number of nitrogens with zero attached hydrogens (tertiary/aromatic N) is 2. The van der Waals surface area contributed by atoms with E-state index in [4.69, 9.17) is 16.1 Å². The minimum atomic E-state index is -0.0372. The zero-order valence-corrected chi connectivity index (χ0v) is 13.6. The van der Waals surface area contributed by atoms with Gasteiger partial charge in [0.1, 0.15) is 0 Å². The smallest absolute Gasteiger partial charge is 0.234 e. The molecule has 0 aliphatic carbocycles. The summed E-state index contributed by atoms with van der Waals surface area (Å²) < 4.78 is 5.06. The van der Waals surface area contributed by atoms with Crippen LogP contribution in [0.15, 0.2) is 34.9 Å². The molecule has 0 saturated carbocycles. The van der Waals surface area contributed by atoms with Gasteiger partial charge in [0.25, 0.3) is 0 Å². The van der Waals surface area contributed by atoms with Crippen LogP contribution in [0.3, 0.4) is 0 Å². The molecule has 2 aromatic rings. The lowest BCUT2D eigenvalue weighted by Gasteiger charge is -2.19. The van der Waals surface area contributed by atoms with E-state index in [1.165, 1.54) is 0 Å². The van der Waals surface area contributed by atoms with E-state index >= 15 is 0 Å². The number of hydrogen-bond donors (Lipinski definition) is 1. The second-order valence-corrected chi connectivity index (χ2v) is 5.58. The van der Waals surface area contributed by atoms with Crippen molar-refractivity contribution in [3.8, 4) is 0 Å². The van der Waals surface area contributed by atoms with Gasteiger partial charge in [-0.25, -0.2) is 0 Å². The number of carbonyl (C=O) groups excluding carboxylic acids is 1. The van der Waals surface area contributed by atoms with Crippen LogP contribution in [0.5, 0.6) is 0 Å². The standard InChI is InChI=1S/C16H20ClN3O2/c1-3-20(10-13-4-6-14(17)7-5-13)11-16(21)18-9-15-8-12(2)19-22-15/h4-8H,3,9-11H2,1-2H3,(H,18,21). The Morgan fingerprint density at radius 1 is 1.36 bits per heavy atom. The molecule has 1 heterocycles. The summed E-state index contributed by atoms with van der Waals surface area (Å²) in [5, 5.41) is 7.34. The van der Waals surface area contributed by atoms with Crippen molar-refractivity contribution < 1.29 is 9.32 Å². The van der Waals surface area contributed by atoms with E-state index in [0.717, 1.165) is 17.8 Å². The van der Waals surface area contributed by atoms with Crippen LogP contribution in [-0.2, 0) is 17.9 Å². The molecule has 0 atom stereocenters. The van der Waals surface area contributed by atoms with E-state index in [1.54, 1.807) is 0 Å². The normalized spacial score (nSPS) is 10.9. The number of carbonyl (C=O) groups is 1. The van der Waals surface area contributed by atoms with Crippen molar-refractivity contribution in [1.29, 1.82) is 0 Å². The van der Waals surface area contributed by atoms with Crippen molar-refractivity contribution >= 4 is 17.5 Å². The Hall–Kier alpha value is -1.85. The van der Waals surface area contributed by atoms with Crippen LogP contribution in [0.25, 0.3) is 0 Å². The molecule has 0 radical (unpaired) electrons. The maximum Gasteiger partial charge on any atom is 0.234 e. The molecule has 118 valence electrons. The zero-order valence-electron chi connectivity index (χ0n) is 12.8. The second-order valence-electron chi connectivity index (χ2n) is 5.14. The first kappa shape index (κ1) is 16.5. The number of aryl methyl sites for hydroxylation is 1. The number of halogens is 1. The quantitative estimate of drug-likeness (QED) is 0.852. The summed E-state index contributed by atoms with van der Waals surface area (Å²) in [5.74, 6) is 0.622. The molecule has 1 aromatic heterocycles. The van der Waals surface area contributed by atoms with Gasteiger partial charge in [-0.05, 0) is 31.2 Å². The summed E-state index contributed by atoms with van der Waals surface area (Å²) in [7, 11) is 0. The molecule has 0 aliphatic rings. The van der Waals surface area contributed by atoms with Crippen molar-refractivity contribution in [2.24, 2.45) is 0 Å². The van der Waals surface area contributed by atoms with Crippen molar-refractivity contribution in [2.75, 3.05) is 13.1 Å². The number of nitrogens with one attached hydrogen (secondary N) is 1. The summed E-state index contributed by atoms with van der Waals surface area (Å²) in [6.07, 6.45) is 0. The number of amides is 1. The maximum absolute atomic E-state index is 12.0. The van der Waals surface area contributed by atoms with Gasteiger partial charge >= 0.3 is 0 Å². The minimum Gasteiger partial charge on any atom is -0.359 e. The van der Waals surface area contributed by atoms with E-state index in [0.29, 0.717) is 30.4 Å². The fraction of sp³-hybridized carbons (Fsp3) is 0.375. The highest BCUT2D eigenvalue weighted by atomic mass is 35.5. The van der Waals surface area contributed by atoms with Gasteiger partial charge in [0, 0.05) is 17.6 Å². The highest BCUT2D eigenvalue weighted by Crippen LogP contribution is 2.11. The van der Waals surface area contributed by atoms with Gasteiger partial charge in [0.15, 0.2) is 5.76 Å². The van der Waals surface area contributed by atoms with E-state index in [9.17, 15) is 4.79 Å². The number of benzene rings is 1. The Labute approximate surface area is 135 Å². The average Bonchev–Trinajstić information content (AvgIpc) is 2.92. The van der Waals surface area contributed by atoms with Gasteiger partial charge in [0.2, 0.25) is 5.91 Å². The Kier molecular flexibility index (Phi) is 5.98. The first-order chi connectivity index (χ1) is 10.6. The third-order valence-corrected chi connectivity index (χ3v) is 3.52. The Bertz CT molecular complexity index is 610. The molecule has 22 heavy (non-hydrogen) atoms. The molecule has 2 rings (SSSR count). The SMILES string of the molecule is CCN(CC(=O)NCc1cc(C)no1)Cc1ccc(Cl)cc1. The van der Waals surface area contributed by atoms with Crippen LogP contribution in [-0.4, -0.2) is 29.1 Å². The van der Waals surface area contributed by atoms with Gasteiger partial charge in [-0.2, -0.15) is 0 Å². The largest absolute Gasteiger partial charge is 0.359 e. The number of likely N-dealkylation sites (N-methyl/N-ethyl adjacent to an activating group) is 1. The topological polar surface area (TPSA) is 58.4 Å². The molecule has 0 fully saturated rings. The zero-order chi connectivity index (χ0) is 15.9. The molecule has 1 amide bonds. The second kappa shape index (κ2) is 7.96. The molecule has 0 spiro atoms. The summed E-state index contributed by atoms with van der Waals surface area (Å²) in [5.41, 5.74) is 1.94. The van der Waals surface area contributed by atoms with Gasteiger partial charge in [0.05, 0.1) is 18.8 Å². The van der Waals surface area contributed by atoms with Crippen molar-refractivity contribution in [1.82, 2.24) is 15.4 Å². The summed E-state index contributed by atoms with van der Waals surface area (Å²) in [4.78, 5) is 14.1. The van der Waals surface area contributed by atoms with Gasteiger partial charge < -0.3 is 9.84 Å². The Morgan fingerprint density at radius 3 is 2.68 bits per heavy atom. The predicted molar refractivity (Wildman–Crippen MR) is 85.5 cm³/mol. The molecule has 5 nitrogen and oxygen atoms in total. The van der Waals surface area contributed by atoms with Crippen molar-refractivity contribution in [2.45, 2.75) is 26.9 Å². The van der Waals surface area contributed by atoms with E-state index < -0.39 is 0 Å². The fourth-order valence-electron chi connectivity index (χ4n) is 2.07. The van der Waals surface area contributed by atoms with Gasteiger partial charge in [-0.3, -0.25) is 9.69 Å². The highest BCUT2D eigenvalue weighted by Gasteiger charge is 2.10. The minimum absolute atomic E-state index is 0.0372. The number of rotatable bonds is 7. The Balaban J connectivity index is 1.81. The van der Waals surface area contributed by atoms with Crippen LogP contribution in [0.2, 0.25) is 5.02 Å². The number of hydrogen-bond acceptors (Lipinski definition) is 4. The van der Waals surface area contributed by atoms with E-state index in [2.05, 4.69) is 15.4 Å². The van der Waals surface area contributed by atoms with Crippen LogP contribution < -0.4 is 5.32 Å². The molecule has 1 aromatic carbocycles. The van der Waals surface area contributed by atoms with E-state index in [1.807, 2.05) is 44.2 Å². The van der Waals surface area contributed by atoms with Crippen LogP contribution in [0, 0.1) is 6.92 Å². The fourth-order valence-corrected chi connectivity index (χ4v) is 2.20. The van der Waals surface area contributed by atoms with Crippen LogP contribution in [0.1, 0.15) is 23.9 Å². The molecule has 0 unspecified atom stereocenters. The summed E-state index contributed by atoms with van der Waals surface area (Å²) in [6.45, 7) is 6.08.